The van der Waals surface area contributed by atoms with Crippen LogP contribution in [0.2, 0.25) is 4.34 Å². The molecule has 4 heterocycles. The fraction of sp³-hybridized carbons (Fsp3) is 0.464. The molecule has 0 saturated carbocycles. The Labute approximate surface area is 232 Å². The summed E-state index contributed by atoms with van der Waals surface area (Å²) in [5.74, 6) is 1.24. The molecule has 0 bridgehead atoms. The van der Waals surface area contributed by atoms with Crippen LogP contribution in [0.1, 0.15) is 40.2 Å². The van der Waals surface area contributed by atoms with E-state index in [4.69, 9.17) is 21.4 Å². The predicted molar refractivity (Wildman–Crippen MR) is 150 cm³/mol. The van der Waals surface area contributed by atoms with Crippen molar-refractivity contribution < 1.29 is 14.3 Å². The number of ether oxygens (including phenoxy) is 1. The number of nitrogens with zero attached hydrogens (tertiary/aromatic N) is 5. The topological polar surface area (TPSA) is 70.9 Å². The number of anilines is 1. The van der Waals surface area contributed by atoms with Gasteiger partial charge in [-0.1, -0.05) is 36.7 Å². The molecule has 3 aromatic rings. The molecule has 0 radical (unpaired) electrons. The van der Waals surface area contributed by atoms with Crippen molar-refractivity contribution in [2.24, 2.45) is 5.92 Å². The van der Waals surface area contributed by atoms with Crippen LogP contribution in [0.5, 0.6) is 0 Å². The Morgan fingerprint density at radius 2 is 1.89 bits per heavy atom. The molecule has 0 aliphatic carbocycles. The number of thiophene rings is 1. The van der Waals surface area contributed by atoms with Crippen molar-refractivity contribution in [2.45, 2.75) is 25.8 Å². The van der Waals surface area contributed by atoms with Crippen LogP contribution in [0.25, 0.3) is 0 Å². The molecule has 202 valence electrons. The van der Waals surface area contributed by atoms with Crippen molar-refractivity contribution in [2.75, 3.05) is 57.9 Å². The number of hydrogen-bond donors (Lipinski definition) is 0. The second kappa shape index (κ2) is 12.0. The van der Waals surface area contributed by atoms with Crippen LogP contribution < -0.4 is 4.90 Å². The lowest BCUT2D eigenvalue weighted by Crippen LogP contribution is -2.48. The molecule has 1 aromatic carbocycles. The van der Waals surface area contributed by atoms with Crippen molar-refractivity contribution in [3.05, 3.63) is 69.0 Å². The average molecular weight is 556 g/mol. The Morgan fingerprint density at radius 3 is 2.61 bits per heavy atom. The van der Waals surface area contributed by atoms with E-state index in [0.29, 0.717) is 50.9 Å². The summed E-state index contributed by atoms with van der Waals surface area (Å²) in [7, 11) is 1.97. The Kier molecular flexibility index (Phi) is 8.48. The van der Waals surface area contributed by atoms with Crippen LogP contribution >= 0.6 is 22.9 Å². The lowest BCUT2D eigenvalue weighted by Gasteiger charge is -2.37. The molecule has 2 saturated heterocycles. The molecule has 2 unspecified atom stereocenters. The highest BCUT2D eigenvalue weighted by atomic mass is 35.5. The molecule has 2 aliphatic heterocycles. The highest BCUT2D eigenvalue weighted by Crippen LogP contribution is 2.34. The predicted octanol–water partition coefficient (Wildman–Crippen LogP) is 4.21. The van der Waals surface area contributed by atoms with Gasteiger partial charge in [-0.3, -0.25) is 14.5 Å². The lowest BCUT2D eigenvalue weighted by atomic mass is 9.84. The van der Waals surface area contributed by atoms with Crippen molar-refractivity contribution >= 4 is 40.6 Å². The van der Waals surface area contributed by atoms with E-state index in [0.717, 1.165) is 40.2 Å². The van der Waals surface area contributed by atoms with Gasteiger partial charge in [0, 0.05) is 49.1 Å². The van der Waals surface area contributed by atoms with Gasteiger partial charge in [0.05, 0.1) is 36.3 Å². The molecule has 2 aliphatic rings. The Bertz CT molecular complexity index is 1260. The second-order valence-corrected chi connectivity index (χ2v) is 12.0. The van der Waals surface area contributed by atoms with Gasteiger partial charge in [0.15, 0.2) is 0 Å². The summed E-state index contributed by atoms with van der Waals surface area (Å²) in [6, 6.07) is 15.2. The normalized spacial score (nSPS) is 20.4. The third kappa shape index (κ3) is 6.12. The van der Waals surface area contributed by atoms with E-state index in [1.807, 2.05) is 65.4 Å². The molecule has 8 nitrogen and oxygen atoms in total. The van der Waals surface area contributed by atoms with E-state index < -0.39 is 0 Å². The maximum absolute atomic E-state index is 13.6. The summed E-state index contributed by atoms with van der Waals surface area (Å²) in [5.41, 5.74) is 1.47. The van der Waals surface area contributed by atoms with Gasteiger partial charge in [-0.15, -0.1) is 11.3 Å². The Balaban J connectivity index is 1.39. The molecule has 38 heavy (non-hydrogen) atoms. The quantitative estimate of drug-likeness (QED) is 0.435. The van der Waals surface area contributed by atoms with Gasteiger partial charge in [-0.2, -0.15) is 9.78 Å². The van der Waals surface area contributed by atoms with Crippen molar-refractivity contribution in [1.29, 1.82) is 0 Å². The van der Waals surface area contributed by atoms with Gasteiger partial charge in [0.1, 0.15) is 5.82 Å². The third-order valence-corrected chi connectivity index (χ3v) is 8.70. The van der Waals surface area contributed by atoms with E-state index in [-0.39, 0.29) is 17.7 Å². The summed E-state index contributed by atoms with van der Waals surface area (Å²) in [6.07, 6.45) is 0.972. The smallest absolute Gasteiger partial charge is 0.280 e. The van der Waals surface area contributed by atoms with Crippen molar-refractivity contribution in [1.82, 2.24) is 19.6 Å². The summed E-state index contributed by atoms with van der Waals surface area (Å²) >= 11 is 7.70. The number of rotatable bonds is 7. The largest absolute Gasteiger partial charge is 0.378 e. The van der Waals surface area contributed by atoms with Crippen molar-refractivity contribution in [3.8, 4) is 0 Å². The first-order valence-corrected chi connectivity index (χ1v) is 14.3. The summed E-state index contributed by atoms with van der Waals surface area (Å²) in [6.45, 7) is 7.39. The first-order chi connectivity index (χ1) is 18.4. The molecule has 1 amide bonds. The fourth-order valence-electron chi connectivity index (χ4n) is 5.22. The van der Waals surface area contributed by atoms with Gasteiger partial charge in [-0.05, 0) is 43.1 Å². The number of benzene rings is 1. The van der Waals surface area contributed by atoms with E-state index in [9.17, 15) is 9.59 Å². The average Bonchev–Trinajstić information content (AvgIpc) is 3.56. The minimum atomic E-state index is -0.161. The van der Waals surface area contributed by atoms with Gasteiger partial charge in [0.2, 0.25) is 5.91 Å². The van der Waals surface area contributed by atoms with Gasteiger partial charge >= 0.3 is 0 Å². The molecule has 10 heteroatoms. The van der Waals surface area contributed by atoms with Gasteiger partial charge < -0.3 is 14.5 Å². The van der Waals surface area contributed by atoms with Gasteiger partial charge in [0.25, 0.3) is 5.91 Å². The van der Waals surface area contributed by atoms with E-state index >= 15 is 0 Å². The third-order valence-electron chi connectivity index (χ3n) is 7.48. The maximum atomic E-state index is 13.6. The standard InChI is InChI=1S/C28H34ClN5O3S/c1-20-10-11-32(19-27(35)33-12-14-37-15-13-33)18-23(20)24-16-26(31(2)17-22-8-9-25(29)38-22)34(30-24)28(36)21-6-4-3-5-7-21/h3-9,16,20,23H,10-15,17-19H2,1-2H3. The van der Waals surface area contributed by atoms with E-state index in [1.165, 1.54) is 16.0 Å². The minimum absolute atomic E-state index is 0.120. The van der Waals surface area contributed by atoms with E-state index in [1.54, 1.807) is 0 Å². The second-order valence-electron chi connectivity index (χ2n) is 10.2. The van der Waals surface area contributed by atoms with Crippen LogP contribution in [-0.4, -0.2) is 84.4 Å². The molecule has 0 N–H and O–H groups in total. The number of carbonyl (C=O) groups is 2. The first kappa shape index (κ1) is 26.9. The van der Waals surface area contributed by atoms with Crippen LogP contribution in [0.3, 0.4) is 0 Å². The monoisotopic (exact) mass is 555 g/mol. The van der Waals surface area contributed by atoms with E-state index in [2.05, 4.69) is 11.8 Å². The SMILES string of the molecule is CC1CCN(CC(=O)N2CCOCC2)CC1c1cc(N(C)Cc2ccc(Cl)s2)n(C(=O)c2ccccc2)n1. The molecule has 2 aromatic heterocycles. The first-order valence-electron chi connectivity index (χ1n) is 13.1. The number of hydrogen-bond acceptors (Lipinski definition) is 7. The molecule has 2 fully saturated rings. The number of likely N-dealkylation sites (tertiary alicyclic amines) is 1. The molecule has 0 spiro atoms. The summed E-state index contributed by atoms with van der Waals surface area (Å²) in [4.78, 5) is 33.8. The molecular weight excluding hydrogens is 522 g/mol. The number of carbonyl (C=O) groups excluding carboxylic acids is 2. The van der Waals surface area contributed by atoms with Crippen LogP contribution in [0.4, 0.5) is 5.82 Å². The van der Waals surface area contributed by atoms with Gasteiger partial charge in [-0.25, -0.2) is 0 Å². The number of aromatic nitrogens is 2. The Morgan fingerprint density at radius 1 is 1.13 bits per heavy atom. The zero-order chi connectivity index (χ0) is 26.6. The number of morpholine rings is 1. The molecule has 2 atom stereocenters. The zero-order valence-corrected chi connectivity index (χ0v) is 23.5. The maximum Gasteiger partial charge on any atom is 0.280 e. The lowest BCUT2D eigenvalue weighted by molar-refractivity contribution is -0.136. The molecular formula is C28H34ClN5O3S. The molecule has 5 rings (SSSR count). The number of piperidine rings is 1. The summed E-state index contributed by atoms with van der Waals surface area (Å²) in [5, 5.41) is 4.90. The zero-order valence-electron chi connectivity index (χ0n) is 21.9. The highest BCUT2D eigenvalue weighted by molar-refractivity contribution is 7.16. The van der Waals surface area contributed by atoms with Crippen LogP contribution in [0, 0.1) is 5.92 Å². The Hall–Kier alpha value is -2.72. The fourth-order valence-corrected chi connectivity index (χ4v) is 6.36. The highest BCUT2D eigenvalue weighted by Gasteiger charge is 2.33. The van der Waals surface area contributed by atoms with Crippen LogP contribution in [0.15, 0.2) is 48.5 Å². The number of halogens is 1. The van der Waals surface area contributed by atoms with Crippen molar-refractivity contribution in [3.63, 3.8) is 0 Å². The summed E-state index contributed by atoms with van der Waals surface area (Å²) < 4.78 is 7.67. The number of amides is 1. The minimum Gasteiger partial charge on any atom is -0.378 e. The van der Waals surface area contributed by atoms with Crippen LogP contribution in [-0.2, 0) is 16.1 Å².